The van der Waals surface area contributed by atoms with Gasteiger partial charge in [0.1, 0.15) is 58.4 Å². The standard InChI is InChI=1S/2C19H15ClFN7O/c1-10-7-24-19(12-6-11(20)2-3-13(12)21)26-18(10)25-14-4-5-23-15-8-28(9-16(22)29)27-17(14)15;1-10-7-24-19(12-6-11(20)2-3-13(12)21)27-18(10)26-14-4-5-23-15-8-25-28(17(14)15)9-16(22)29/h2-8H,9H2,1H3,(H2,22,29)(H,24,25,26);2-8H,9H2,1H3,(H2,22,29)(H,23,24,26,27). The summed E-state index contributed by atoms with van der Waals surface area (Å²) >= 11 is 12.0. The summed E-state index contributed by atoms with van der Waals surface area (Å²) in [7, 11) is 0. The van der Waals surface area contributed by atoms with Gasteiger partial charge >= 0.3 is 0 Å². The van der Waals surface area contributed by atoms with Crippen LogP contribution in [0.3, 0.4) is 0 Å². The summed E-state index contributed by atoms with van der Waals surface area (Å²) in [6.07, 6.45) is 9.57. The van der Waals surface area contributed by atoms with Crippen LogP contribution in [0, 0.1) is 25.5 Å². The molecule has 2 amide bonds. The SMILES string of the molecule is Cc1cnc(-c2cc(Cl)ccc2F)nc1Nc1ccnc2cn(CC(N)=O)nc12.Cc1cnc(-c2cc(Cl)ccc2F)nc1Nc1ccnc2cnn(CC(N)=O)c12. The van der Waals surface area contributed by atoms with Crippen molar-refractivity contribution in [3.63, 3.8) is 0 Å². The lowest BCUT2D eigenvalue weighted by Gasteiger charge is -2.12. The number of rotatable bonds is 10. The van der Waals surface area contributed by atoms with Gasteiger partial charge in [-0.2, -0.15) is 10.2 Å². The Hall–Kier alpha value is -7.18. The molecule has 6 N–H and O–H groups in total. The number of primary amides is 2. The molecule has 2 aromatic carbocycles. The molecule has 6 aromatic heterocycles. The number of benzene rings is 2. The highest BCUT2D eigenvalue weighted by atomic mass is 35.5. The fraction of sp³-hybridized carbons (Fsp3) is 0.105. The highest BCUT2D eigenvalue weighted by Gasteiger charge is 2.17. The number of pyridine rings is 2. The van der Waals surface area contributed by atoms with Gasteiger partial charge < -0.3 is 22.1 Å². The van der Waals surface area contributed by atoms with Gasteiger partial charge in [0, 0.05) is 46.0 Å². The molecule has 0 atom stereocenters. The number of aromatic nitrogens is 10. The topological polar surface area (TPSA) is 223 Å². The second-order valence-electron chi connectivity index (χ2n) is 12.7. The third-order valence-corrected chi connectivity index (χ3v) is 8.86. The van der Waals surface area contributed by atoms with Crippen LogP contribution in [0.2, 0.25) is 10.0 Å². The second kappa shape index (κ2) is 16.5. The molecule has 0 saturated heterocycles. The number of carbonyl (C=O) groups excluding carboxylic acids is 2. The predicted octanol–water partition coefficient (Wildman–Crippen LogP) is 6.44. The Kier molecular flexibility index (Phi) is 11.1. The molecule has 0 bridgehead atoms. The number of hydrogen-bond donors (Lipinski definition) is 4. The van der Waals surface area contributed by atoms with Crippen molar-refractivity contribution < 1.29 is 18.4 Å². The molecule has 0 fully saturated rings. The normalized spacial score (nSPS) is 11.0. The number of amides is 2. The van der Waals surface area contributed by atoms with Gasteiger partial charge in [0.25, 0.3) is 0 Å². The number of nitrogens with two attached hydrogens (primary N) is 2. The van der Waals surface area contributed by atoms with Crippen molar-refractivity contribution in [2.75, 3.05) is 10.6 Å². The molecule has 0 saturated carbocycles. The van der Waals surface area contributed by atoms with Crippen molar-refractivity contribution in [3.8, 4) is 22.8 Å². The molecule has 292 valence electrons. The maximum absolute atomic E-state index is 14.2. The predicted molar refractivity (Wildman–Crippen MR) is 214 cm³/mol. The van der Waals surface area contributed by atoms with E-state index in [0.717, 1.165) is 11.1 Å². The summed E-state index contributed by atoms with van der Waals surface area (Å²) in [4.78, 5) is 48.4. The van der Waals surface area contributed by atoms with Gasteiger partial charge in [-0.25, -0.2) is 28.7 Å². The van der Waals surface area contributed by atoms with Crippen molar-refractivity contribution in [1.29, 1.82) is 0 Å². The van der Waals surface area contributed by atoms with Gasteiger partial charge in [-0.3, -0.25) is 28.9 Å². The molecule has 0 radical (unpaired) electrons. The lowest BCUT2D eigenvalue weighted by atomic mass is 10.2. The zero-order chi connectivity index (χ0) is 41.1. The number of nitrogens with one attached hydrogen (secondary N) is 2. The lowest BCUT2D eigenvalue weighted by molar-refractivity contribution is -0.119. The van der Waals surface area contributed by atoms with Crippen LogP contribution in [0.4, 0.5) is 31.8 Å². The fourth-order valence-corrected chi connectivity index (χ4v) is 6.03. The Morgan fingerprint density at radius 1 is 0.707 bits per heavy atom. The van der Waals surface area contributed by atoms with Crippen LogP contribution in [0.25, 0.3) is 44.8 Å². The van der Waals surface area contributed by atoms with Crippen molar-refractivity contribution in [2.24, 2.45) is 11.5 Å². The van der Waals surface area contributed by atoms with Crippen LogP contribution in [0.5, 0.6) is 0 Å². The summed E-state index contributed by atoms with van der Waals surface area (Å²) in [6, 6.07) is 11.9. The van der Waals surface area contributed by atoms with E-state index in [1.165, 1.54) is 45.8 Å². The first-order valence-corrected chi connectivity index (χ1v) is 17.9. The zero-order valence-corrected chi connectivity index (χ0v) is 32.0. The quantitative estimate of drug-likeness (QED) is 0.117. The largest absolute Gasteiger partial charge is 0.368 e. The molecule has 0 aliphatic carbocycles. The van der Waals surface area contributed by atoms with Crippen molar-refractivity contribution in [1.82, 2.24) is 49.5 Å². The zero-order valence-electron chi connectivity index (χ0n) is 30.5. The van der Waals surface area contributed by atoms with Gasteiger partial charge in [0.05, 0.1) is 34.9 Å². The molecule has 58 heavy (non-hydrogen) atoms. The van der Waals surface area contributed by atoms with E-state index in [4.69, 9.17) is 34.7 Å². The number of hydrogen-bond acceptors (Lipinski definition) is 12. The first-order chi connectivity index (χ1) is 27.8. The number of anilines is 4. The van der Waals surface area contributed by atoms with Crippen molar-refractivity contribution in [3.05, 3.63) is 119 Å². The fourth-order valence-electron chi connectivity index (χ4n) is 5.69. The van der Waals surface area contributed by atoms with E-state index < -0.39 is 23.4 Å². The smallest absolute Gasteiger partial charge is 0.239 e. The Bertz CT molecular complexity index is 2860. The lowest BCUT2D eigenvalue weighted by Crippen LogP contribution is -2.19. The Labute approximate surface area is 337 Å². The molecule has 8 rings (SSSR count). The van der Waals surface area contributed by atoms with Crippen LogP contribution < -0.4 is 22.1 Å². The monoisotopic (exact) mass is 822 g/mol. The average molecular weight is 824 g/mol. The van der Waals surface area contributed by atoms with Crippen LogP contribution in [0.15, 0.2) is 85.7 Å². The van der Waals surface area contributed by atoms with Crippen molar-refractivity contribution in [2.45, 2.75) is 26.9 Å². The van der Waals surface area contributed by atoms with Crippen LogP contribution >= 0.6 is 23.2 Å². The third-order valence-electron chi connectivity index (χ3n) is 8.39. The minimum Gasteiger partial charge on any atom is -0.368 e. The number of halogens is 4. The highest BCUT2D eigenvalue weighted by molar-refractivity contribution is 6.31. The summed E-state index contributed by atoms with van der Waals surface area (Å²) in [5, 5.41) is 15.7. The molecule has 0 aliphatic heterocycles. The first kappa shape index (κ1) is 39.1. The Balaban J connectivity index is 0.000000177. The maximum atomic E-state index is 14.2. The van der Waals surface area contributed by atoms with E-state index in [9.17, 15) is 18.4 Å². The molecule has 8 aromatic rings. The first-order valence-electron chi connectivity index (χ1n) is 17.1. The van der Waals surface area contributed by atoms with E-state index in [0.29, 0.717) is 55.1 Å². The Morgan fingerprint density at radius 2 is 1.24 bits per heavy atom. The molecule has 0 spiro atoms. The van der Waals surface area contributed by atoms with Crippen molar-refractivity contribution >= 4 is 80.1 Å². The number of aryl methyl sites for hydroxylation is 2. The van der Waals surface area contributed by atoms with Gasteiger partial charge in [0.15, 0.2) is 11.6 Å². The number of carbonyl (C=O) groups is 2. The van der Waals surface area contributed by atoms with Gasteiger partial charge in [-0.15, -0.1) is 0 Å². The van der Waals surface area contributed by atoms with Gasteiger partial charge in [-0.05, 0) is 62.4 Å². The van der Waals surface area contributed by atoms with Gasteiger partial charge in [0.2, 0.25) is 11.8 Å². The summed E-state index contributed by atoms with van der Waals surface area (Å²) in [5.74, 6) is -0.652. The number of fused-ring (bicyclic) bond motifs is 2. The molecule has 6 heterocycles. The summed E-state index contributed by atoms with van der Waals surface area (Å²) < 4.78 is 31.3. The maximum Gasteiger partial charge on any atom is 0.239 e. The highest BCUT2D eigenvalue weighted by Crippen LogP contribution is 2.30. The summed E-state index contributed by atoms with van der Waals surface area (Å²) in [5.41, 5.74) is 16.0. The molecule has 16 nitrogen and oxygen atoms in total. The third kappa shape index (κ3) is 8.62. The van der Waals surface area contributed by atoms with E-state index in [-0.39, 0.29) is 35.9 Å². The van der Waals surface area contributed by atoms with E-state index in [1.54, 1.807) is 49.3 Å². The molecular weight excluding hydrogens is 793 g/mol. The molecular formula is C38H30Cl2F2N14O2. The van der Waals surface area contributed by atoms with Gasteiger partial charge in [-0.1, -0.05) is 23.2 Å². The minimum absolute atomic E-state index is 0.0550. The molecule has 0 unspecified atom stereocenters. The minimum atomic E-state index is -0.526. The molecule has 0 aliphatic rings. The second-order valence-corrected chi connectivity index (χ2v) is 13.6. The van der Waals surface area contributed by atoms with Crippen LogP contribution in [-0.2, 0) is 22.7 Å². The van der Waals surface area contributed by atoms with Crippen LogP contribution in [-0.4, -0.2) is 61.3 Å². The molecule has 20 heteroatoms. The Morgan fingerprint density at radius 3 is 1.81 bits per heavy atom. The van der Waals surface area contributed by atoms with E-state index in [2.05, 4.69) is 50.7 Å². The summed E-state index contributed by atoms with van der Waals surface area (Å²) in [6.45, 7) is 3.50. The van der Waals surface area contributed by atoms with E-state index in [1.807, 2.05) is 13.8 Å². The average Bonchev–Trinajstić information content (AvgIpc) is 3.79. The van der Waals surface area contributed by atoms with Crippen LogP contribution in [0.1, 0.15) is 11.1 Å². The number of nitrogens with zero attached hydrogens (tertiary/aromatic N) is 10. The van der Waals surface area contributed by atoms with E-state index >= 15 is 0 Å².